The van der Waals surface area contributed by atoms with Crippen molar-refractivity contribution in [2.45, 2.75) is 103 Å². The summed E-state index contributed by atoms with van der Waals surface area (Å²) in [6.07, 6.45) is 16.3. The van der Waals surface area contributed by atoms with Crippen molar-refractivity contribution < 1.29 is 14.7 Å². The van der Waals surface area contributed by atoms with Crippen molar-refractivity contribution in [3.8, 4) is 0 Å². The largest absolute Gasteiger partial charge is 0.481 e. The molecule has 1 N–H and O–H groups in total. The third kappa shape index (κ3) is 9.12. The smallest absolute Gasteiger partial charge is 0.303 e. The van der Waals surface area contributed by atoms with Gasteiger partial charge in [0.1, 0.15) is 5.78 Å². The van der Waals surface area contributed by atoms with Crippen molar-refractivity contribution in [2.24, 2.45) is 11.8 Å². The van der Waals surface area contributed by atoms with Crippen LogP contribution in [0.4, 0.5) is 0 Å². The van der Waals surface area contributed by atoms with Gasteiger partial charge in [0.25, 0.3) is 0 Å². The Kier molecular flexibility index (Phi) is 11.0. The highest BCUT2D eigenvalue weighted by molar-refractivity contribution is 5.83. The van der Waals surface area contributed by atoms with E-state index in [1.165, 1.54) is 44.9 Å². The first-order chi connectivity index (χ1) is 11.1. The van der Waals surface area contributed by atoms with Crippen molar-refractivity contribution in [1.82, 2.24) is 0 Å². The van der Waals surface area contributed by atoms with Crippen LogP contribution in [-0.2, 0) is 9.59 Å². The van der Waals surface area contributed by atoms with Gasteiger partial charge in [-0.2, -0.15) is 0 Å². The third-order valence-corrected chi connectivity index (χ3v) is 5.33. The van der Waals surface area contributed by atoms with Gasteiger partial charge in [0.15, 0.2) is 0 Å². The first-order valence-electron chi connectivity index (χ1n) is 9.89. The topological polar surface area (TPSA) is 54.4 Å². The van der Waals surface area contributed by atoms with Gasteiger partial charge in [-0.3, -0.25) is 9.59 Å². The van der Waals surface area contributed by atoms with E-state index in [-0.39, 0.29) is 6.42 Å². The molecule has 0 bridgehead atoms. The number of aliphatic carboxylic acids is 1. The highest BCUT2D eigenvalue weighted by Gasteiger charge is 2.33. The summed E-state index contributed by atoms with van der Waals surface area (Å²) >= 11 is 0. The van der Waals surface area contributed by atoms with Gasteiger partial charge in [-0.15, -0.1) is 0 Å². The molecule has 1 aliphatic carbocycles. The van der Waals surface area contributed by atoms with Crippen LogP contribution in [0, 0.1) is 11.8 Å². The average Bonchev–Trinajstić information content (AvgIpc) is 2.86. The van der Waals surface area contributed by atoms with Gasteiger partial charge in [-0.1, -0.05) is 64.7 Å². The summed E-state index contributed by atoms with van der Waals surface area (Å²) in [7, 11) is 0. The number of ketones is 1. The van der Waals surface area contributed by atoms with Crippen molar-refractivity contribution in [3.05, 3.63) is 0 Å². The number of carboxylic acids is 1. The molecule has 23 heavy (non-hydrogen) atoms. The van der Waals surface area contributed by atoms with Gasteiger partial charge in [0.2, 0.25) is 0 Å². The Hall–Kier alpha value is -0.860. The molecule has 0 aromatic carbocycles. The van der Waals surface area contributed by atoms with Crippen LogP contribution in [0.25, 0.3) is 0 Å². The van der Waals surface area contributed by atoms with E-state index in [4.69, 9.17) is 5.11 Å². The maximum absolute atomic E-state index is 12.1. The van der Waals surface area contributed by atoms with Crippen LogP contribution in [0.5, 0.6) is 0 Å². The highest BCUT2D eigenvalue weighted by atomic mass is 16.4. The summed E-state index contributed by atoms with van der Waals surface area (Å²) in [4.78, 5) is 22.6. The van der Waals surface area contributed by atoms with Crippen LogP contribution in [0.15, 0.2) is 0 Å². The molecule has 1 aliphatic rings. The summed E-state index contributed by atoms with van der Waals surface area (Å²) in [5, 5.41) is 8.62. The second-order valence-electron chi connectivity index (χ2n) is 7.27. The number of hydrogen-bond acceptors (Lipinski definition) is 2. The zero-order valence-corrected chi connectivity index (χ0v) is 15.0. The van der Waals surface area contributed by atoms with E-state index in [0.29, 0.717) is 17.6 Å². The molecule has 0 heterocycles. The van der Waals surface area contributed by atoms with E-state index < -0.39 is 5.97 Å². The minimum atomic E-state index is -0.699. The first kappa shape index (κ1) is 20.2. The van der Waals surface area contributed by atoms with Crippen LogP contribution in [0.3, 0.4) is 0 Å². The molecule has 1 saturated carbocycles. The van der Waals surface area contributed by atoms with E-state index >= 15 is 0 Å². The fraction of sp³-hybridized carbons (Fsp3) is 0.900. The van der Waals surface area contributed by atoms with Crippen molar-refractivity contribution in [2.75, 3.05) is 0 Å². The van der Waals surface area contributed by atoms with Crippen LogP contribution in [0.1, 0.15) is 103 Å². The van der Waals surface area contributed by atoms with Crippen molar-refractivity contribution in [1.29, 1.82) is 0 Å². The van der Waals surface area contributed by atoms with Crippen LogP contribution >= 0.6 is 0 Å². The molecule has 0 spiro atoms. The Labute approximate surface area is 142 Å². The van der Waals surface area contributed by atoms with Gasteiger partial charge in [0.05, 0.1) is 0 Å². The predicted octanol–water partition coefficient (Wildman–Crippen LogP) is 5.76. The quantitative estimate of drug-likeness (QED) is 0.413. The normalized spacial score (nSPS) is 21.0. The Balaban J connectivity index is 2.11. The maximum Gasteiger partial charge on any atom is 0.303 e. The number of carbonyl (C=O) groups is 2. The van der Waals surface area contributed by atoms with Crippen LogP contribution in [-0.4, -0.2) is 16.9 Å². The summed E-state index contributed by atoms with van der Waals surface area (Å²) in [5.74, 6) is 0.735. The van der Waals surface area contributed by atoms with E-state index in [1.807, 2.05) is 0 Å². The van der Waals surface area contributed by atoms with Crippen molar-refractivity contribution >= 4 is 11.8 Å². The lowest BCUT2D eigenvalue weighted by molar-refractivity contribution is -0.137. The molecule has 1 fully saturated rings. The van der Waals surface area contributed by atoms with Crippen LogP contribution in [0.2, 0.25) is 0 Å². The highest BCUT2D eigenvalue weighted by Crippen LogP contribution is 2.36. The lowest BCUT2D eigenvalue weighted by atomic mass is 9.86. The van der Waals surface area contributed by atoms with Gasteiger partial charge in [-0.05, 0) is 31.6 Å². The molecule has 0 unspecified atom stereocenters. The molecule has 0 aromatic rings. The molecular formula is C20H36O3. The van der Waals surface area contributed by atoms with Gasteiger partial charge < -0.3 is 5.11 Å². The van der Waals surface area contributed by atoms with Crippen molar-refractivity contribution in [3.63, 3.8) is 0 Å². The number of rotatable bonds is 14. The minimum Gasteiger partial charge on any atom is -0.481 e. The zero-order valence-electron chi connectivity index (χ0n) is 15.0. The minimum absolute atomic E-state index is 0.281. The Morgan fingerprint density at radius 2 is 1.57 bits per heavy atom. The third-order valence-electron chi connectivity index (χ3n) is 5.33. The summed E-state index contributed by atoms with van der Waals surface area (Å²) in [6, 6.07) is 0. The Bertz CT molecular complexity index is 338. The second-order valence-corrected chi connectivity index (χ2v) is 7.27. The molecule has 2 atom stereocenters. The predicted molar refractivity (Wildman–Crippen MR) is 94.6 cm³/mol. The van der Waals surface area contributed by atoms with E-state index in [1.54, 1.807) is 0 Å². The molecule has 0 amide bonds. The number of Topliss-reactive ketones (excluding diaryl/α,β-unsaturated/α-hetero) is 1. The fourth-order valence-electron chi connectivity index (χ4n) is 3.90. The molecule has 134 valence electrons. The molecule has 3 nitrogen and oxygen atoms in total. The summed E-state index contributed by atoms with van der Waals surface area (Å²) in [6.45, 7) is 2.25. The molecule has 0 radical (unpaired) electrons. The SMILES string of the molecule is CCCCCCCC[C@H]1CCC(=O)[C@@H]1CCCCCCC(=O)O. The fourth-order valence-corrected chi connectivity index (χ4v) is 3.90. The Morgan fingerprint density at radius 3 is 2.26 bits per heavy atom. The monoisotopic (exact) mass is 324 g/mol. The summed E-state index contributed by atoms with van der Waals surface area (Å²) in [5.41, 5.74) is 0. The molecule has 0 aromatic heterocycles. The number of hydrogen-bond donors (Lipinski definition) is 1. The van der Waals surface area contributed by atoms with E-state index in [9.17, 15) is 9.59 Å². The Morgan fingerprint density at radius 1 is 0.957 bits per heavy atom. The summed E-state index contributed by atoms with van der Waals surface area (Å²) < 4.78 is 0. The standard InChI is InChI=1S/C20H36O3/c1-2-3-4-5-6-9-12-17-15-16-19(21)18(17)13-10-7-8-11-14-20(22)23/h17-18H,2-16H2,1H3,(H,22,23)/t17-,18+/m0/s1. The van der Waals surface area contributed by atoms with E-state index in [2.05, 4.69) is 6.92 Å². The first-order valence-corrected chi connectivity index (χ1v) is 9.89. The number of carboxylic acid groups (broad SMARTS) is 1. The molecule has 3 heteroatoms. The lowest BCUT2D eigenvalue weighted by Crippen LogP contribution is -2.15. The van der Waals surface area contributed by atoms with Crippen LogP contribution < -0.4 is 0 Å². The molecular weight excluding hydrogens is 288 g/mol. The lowest BCUT2D eigenvalue weighted by Gasteiger charge is -2.18. The van der Waals surface area contributed by atoms with E-state index in [0.717, 1.165) is 44.9 Å². The second kappa shape index (κ2) is 12.5. The molecule has 1 rings (SSSR count). The van der Waals surface area contributed by atoms with Gasteiger partial charge in [0, 0.05) is 18.8 Å². The number of carbonyl (C=O) groups excluding carboxylic acids is 1. The van der Waals surface area contributed by atoms with Gasteiger partial charge >= 0.3 is 5.97 Å². The number of unbranched alkanes of at least 4 members (excludes halogenated alkanes) is 8. The average molecular weight is 325 g/mol. The van der Waals surface area contributed by atoms with Gasteiger partial charge in [-0.25, -0.2) is 0 Å². The maximum atomic E-state index is 12.1. The molecule has 0 saturated heterocycles. The zero-order chi connectivity index (χ0) is 16.9. The molecule has 0 aliphatic heterocycles.